The molecule has 1 aromatic carbocycles. The zero-order chi connectivity index (χ0) is 9.54. The first-order valence-corrected chi connectivity index (χ1v) is 6.01. The van der Waals surface area contributed by atoms with E-state index in [1.54, 1.807) is 0 Å². The number of likely N-dealkylation sites (N-methyl/N-ethyl adjacent to an activating group) is 1. The average Bonchev–Trinajstić information content (AvgIpc) is 2.78. The molecule has 1 nitrogen and oxygen atoms in total. The quantitative estimate of drug-likeness (QED) is 0.687. The van der Waals surface area contributed by atoms with Crippen LogP contribution in [0.3, 0.4) is 0 Å². The molecule has 0 amide bonds. The van der Waals surface area contributed by atoms with Crippen molar-refractivity contribution in [2.75, 3.05) is 18.0 Å². The van der Waals surface area contributed by atoms with E-state index in [0.29, 0.717) is 0 Å². The summed E-state index contributed by atoms with van der Waals surface area (Å²) in [5.74, 6) is 0. The van der Waals surface area contributed by atoms with E-state index in [1.165, 1.54) is 34.3 Å². The van der Waals surface area contributed by atoms with Crippen molar-refractivity contribution in [1.29, 1.82) is 0 Å². The highest BCUT2D eigenvalue weighted by Crippen LogP contribution is 2.34. The third-order valence-corrected chi connectivity index (χ3v) is 3.91. The lowest BCUT2D eigenvalue weighted by Gasteiger charge is -2.16. The Morgan fingerprint density at radius 2 is 2.36 bits per heavy atom. The summed E-state index contributed by atoms with van der Waals surface area (Å²) in [5, 5.41) is 3.59. The Bertz CT molecular complexity index is 472. The van der Waals surface area contributed by atoms with E-state index < -0.39 is 0 Å². The molecule has 0 spiro atoms. The van der Waals surface area contributed by atoms with Crippen molar-refractivity contribution in [1.82, 2.24) is 0 Å². The molecule has 0 atom stereocenters. The lowest BCUT2D eigenvalue weighted by Crippen LogP contribution is -2.18. The summed E-state index contributed by atoms with van der Waals surface area (Å²) in [5.41, 5.74) is 2.99. The molecule has 3 rings (SSSR count). The second-order valence-electron chi connectivity index (χ2n) is 3.77. The first-order valence-electron chi connectivity index (χ1n) is 5.13. The van der Waals surface area contributed by atoms with Gasteiger partial charge in [0.2, 0.25) is 0 Å². The minimum absolute atomic E-state index is 1.13. The number of hydrogen-bond donors (Lipinski definition) is 0. The van der Waals surface area contributed by atoms with Crippen LogP contribution < -0.4 is 4.90 Å². The fourth-order valence-corrected chi connectivity index (χ4v) is 3.05. The maximum Gasteiger partial charge on any atom is 0.0414 e. The standard InChI is InChI=1S/C12H13NS/c1-2-13-5-3-9-7-10-4-6-14-12(10)8-11(9)13/h4,6-8H,2-3,5H2,1H3. The molecule has 0 saturated carbocycles. The molecule has 14 heavy (non-hydrogen) atoms. The molecule has 0 saturated heterocycles. The zero-order valence-electron chi connectivity index (χ0n) is 8.29. The topological polar surface area (TPSA) is 3.24 Å². The van der Waals surface area contributed by atoms with Crippen LogP contribution in [0.1, 0.15) is 12.5 Å². The van der Waals surface area contributed by atoms with Crippen molar-refractivity contribution in [3.63, 3.8) is 0 Å². The monoisotopic (exact) mass is 203 g/mol. The number of thiophene rings is 1. The van der Waals surface area contributed by atoms with Gasteiger partial charge in [0.25, 0.3) is 0 Å². The third kappa shape index (κ3) is 1.07. The SMILES string of the molecule is CCN1CCc2cc3ccsc3cc21. The third-order valence-electron chi connectivity index (χ3n) is 3.03. The van der Waals surface area contributed by atoms with Crippen LogP contribution in [-0.2, 0) is 6.42 Å². The molecule has 0 unspecified atom stereocenters. The number of benzene rings is 1. The molecule has 0 aliphatic carbocycles. The largest absolute Gasteiger partial charge is 0.371 e. The summed E-state index contributed by atoms with van der Waals surface area (Å²) < 4.78 is 1.42. The molecular weight excluding hydrogens is 190 g/mol. The van der Waals surface area contributed by atoms with Gasteiger partial charge in [-0.05, 0) is 47.9 Å². The van der Waals surface area contributed by atoms with Crippen LogP contribution in [0.15, 0.2) is 23.6 Å². The van der Waals surface area contributed by atoms with Gasteiger partial charge < -0.3 is 4.90 Å². The number of fused-ring (bicyclic) bond motifs is 2. The zero-order valence-corrected chi connectivity index (χ0v) is 9.10. The van der Waals surface area contributed by atoms with E-state index in [9.17, 15) is 0 Å². The second kappa shape index (κ2) is 2.99. The summed E-state index contributed by atoms with van der Waals surface area (Å²) in [7, 11) is 0. The van der Waals surface area contributed by atoms with Crippen LogP contribution >= 0.6 is 11.3 Å². The maximum absolute atomic E-state index is 2.47. The van der Waals surface area contributed by atoms with Crippen LogP contribution in [0.2, 0.25) is 0 Å². The van der Waals surface area contributed by atoms with Crippen molar-refractivity contribution < 1.29 is 0 Å². The van der Waals surface area contributed by atoms with E-state index >= 15 is 0 Å². The van der Waals surface area contributed by atoms with Gasteiger partial charge in [-0.3, -0.25) is 0 Å². The Kier molecular flexibility index (Phi) is 1.77. The van der Waals surface area contributed by atoms with Gasteiger partial charge in [0, 0.05) is 23.5 Å². The first kappa shape index (κ1) is 8.30. The highest BCUT2D eigenvalue weighted by molar-refractivity contribution is 7.17. The molecule has 0 fully saturated rings. The van der Waals surface area contributed by atoms with Gasteiger partial charge in [-0.15, -0.1) is 11.3 Å². The van der Waals surface area contributed by atoms with Crippen molar-refractivity contribution in [3.05, 3.63) is 29.1 Å². The Balaban J connectivity index is 2.23. The molecule has 0 radical (unpaired) electrons. The molecule has 1 aromatic heterocycles. The predicted molar refractivity (Wildman–Crippen MR) is 63.4 cm³/mol. The maximum atomic E-state index is 2.47. The van der Waals surface area contributed by atoms with Gasteiger partial charge in [-0.1, -0.05) is 0 Å². The summed E-state index contributed by atoms with van der Waals surface area (Å²) in [6.45, 7) is 4.56. The van der Waals surface area contributed by atoms with Crippen molar-refractivity contribution >= 4 is 27.1 Å². The van der Waals surface area contributed by atoms with E-state index in [1.807, 2.05) is 11.3 Å². The van der Waals surface area contributed by atoms with E-state index in [2.05, 4.69) is 35.4 Å². The van der Waals surface area contributed by atoms with Gasteiger partial charge in [0.1, 0.15) is 0 Å². The molecule has 72 valence electrons. The molecule has 1 aliphatic heterocycles. The van der Waals surface area contributed by atoms with Gasteiger partial charge in [-0.2, -0.15) is 0 Å². The number of hydrogen-bond acceptors (Lipinski definition) is 2. The second-order valence-corrected chi connectivity index (χ2v) is 4.72. The summed E-state index contributed by atoms with van der Waals surface area (Å²) in [4.78, 5) is 2.47. The van der Waals surface area contributed by atoms with Crippen molar-refractivity contribution in [2.45, 2.75) is 13.3 Å². The molecule has 2 aromatic rings. The lowest BCUT2D eigenvalue weighted by atomic mass is 10.1. The highest BCUT2D eigenvalue weighted by Gasteiger charge is 2.18. The number of anilines is 1. The Labute approximate surface area is 88.0 Å². The molecule has 2 heteroatoms. The van der Waals surface area contributed by atoms with E-state index in [-0.39, 0.29) is 0 Å². The minimum Gasteiger partial charge on any atom is -0.371 e. The predicted octanol–water partition coefficient (Wildman–Crippen LogP) is 3.28. The van der Waals surface area contributed by atoms with E-state index in [0.717, 1.165) is 6.54 Å². The van der Waals surface area contributed by atoms with Crippen LogP contribution in [0.4, 0.5) is 5.69 Å². The van der Waals surface area contributed by atoms with Crippen LogP contribution in [0, 0.1) is 0 Å². The smallest absolute Gasteiger partial charge is 0.0414 e. The summed E-state index contributed by atoms with van der Waals surface area (Å²) in [6.07, 6.45) is 1.22. The Hall–Kier alpha value is -1.02. The lowest BCUT2D eigenvalue weighted by molar-refractivity contribution is 0.868. The molecule has 0 N–H and O–H groups in total. The van der Waals surface area contributed by atoms with Crippen LogP contribution in [0.5, 0.6) is 0 Å². The van der Waals surface area contributed by atoms with Crippen molar-refractivity contribution in [3.8, 4) is 0 Å². The van der Waals surface area contributed by atoms with Gasteiger partial charge in [-0.25, -0.2) is 0 Å². The number of rotatable bonds is 1. The summed E-state index contributed by atoms with van der Waals surface area (Å²) in [6, 6.07) is 6.93. The number of nitrogens with zero attached hydrogens (tertiary/aromatic N) is 1. The van der Waals surface area contributed by atoms with Crippen LogP contribution in [-0.4, -0.2) is 13.1 Å². The van der Waals surface area contributed by atoms with Crippen LogP contribution in [0.25, 0.3) is 10.1 Å². The first-order chi connectivity index (χ1) is 6.88. The van der Waals surface area contributed by atoms with Gasteiger partial charge in [0.05, 0.1) is 0 Å². The Morgan fingerprint density at radius 3 is 3.21 bits per heavy atom. The van der Waals surface area contributed by atoms with E-state index in [4.69, 9.17) is 0 Å². The fourth-order valence-electron chi connectivity index (χ4n) is 2.24. The molecule has 2 heterocycles. The average molecular weight is 203 g/mol. The van der Waals surface area contributed by atoms with Gasteiger partial charge >= 0.3 is 0 Å². The van der Waals surface area contributed by atoms with Gasteiger partial charge in [0.15, 0.2) is 0 Å². The Morgan fingerprint density at radius 1 is 1.43 bits per heavy atom. The fraction of sp³-hybridized carbons (Fsp3) is 0.333. The molecule has 1 aliphatic rings. The summed E-state index contributed by atoms with van der Waals surface area (Å²) >= 11 is 1.84. The minimum atomic E-state index is 1.13. The van der Waals surface area contributed by atoms with Crippen molar-refractivity contribution in [2.24, 2.45) is 0 Å². The highest BCUT2D eigenvalue weighted by atomic mass is 32.1. The normalized spacial score (nSPS) is 15.1. The molecule has 0 bridgehead atoms. The molecular formula is C12H13NS.